The largest absolute Gasteiger partial charge is 0.506 e. The summed E-state index contributed by atoms with van der Waals surface area (Å²) in [5.41, 5.74) is -0.0596. The number of halogens is 1. The Bertz CT molecular complexity index is 1360. The summed E-state index contributed by atoms with van der Waals surface area (Å²) in [4.78, 5) is 39.9. The molecule has 39 heavy (non-hydrogen) atoms. The van der Waals surface area contributed by atoms with E-state index in [1.165, 1.54) is 0 Å². The first-order chi connectivity index (χ1) is 18.2. The first-order valence-electron chi connectivity index (χ1n) is 12.0. The van der Waals surface area contributed by atoms with Crippen molar-refractivity contribution >= 4 is 51.0 Å². The van der Waals surface area contributed by atoms with E-state index in [9.17, 15) is 32.3 Å². The molecular formula is C24H29FN6O7S. The summed E-state index contributed by atoms with van der Waals surface area (Å²) in [5, 5.41) is 15.2. The predicted octanol–water partition coefficient (Wildman–Crippen LogP) is 2.41. The second-order valence-electron chi connectivity index (χ2n) is 9.94. The van der Waals surface area contributed by atoms with E-state index >= 15 is 0 Å². The predicted molar refractivity (Wildman–Crippen MR) is 142 cm³/mol. The van der Waals surface area contributed by atoms with Crippen LogP contribution in [0.2, 0.25) is 0 Å². The number of amides is 4. The van der Waals surface area contributed by atoms with Crippen molar-refractivity contribution in [3.8, 4) is 5.75 Å². The number of hydrogen-bond donors (Lipinski definition) is 4. The Labute approximate surface area is 224 Å². The Balaban J connectivity index is 1.33. The van der Waals surface area contributed by atoms with Gasteiger partial charge in [-0.1, -0.05) is 0 Å². The lowest BCUT2D eigenvalue weighted by Gasteiger charge is -2.36. The van der Waals surface area contributed by atoms with Crippen LogP contribution in [0, 0.1) is 5.82 Å². The van der Waals surface area contributed by atoms with E-state index in [0.29, 0.717) is 36.2 Å². The maximum Gasteiger partial charge on any atom is 0.410 e. The van der Waals surface area contributed by atoms with Gasteiger partial charge in [-0.05, 0) is 51.1 Å². The molecule has 4 N–H and O–H groups in total. The minimum absolute atomic E-state index is 0.137. The summed E-state index contributed by atoms with van der Waals surface area (Å²) in [6.07, 6.45) is -0.344. The number of urea groups is 1. The van der Waals surface area contributed by atoms with Gasteiger partial charge in [-0.15, -0.1) is 0 Å². The number of carbonyl (C=O) groups is 3. The Hall–Kier alpha value is -4.27. The maximum atomic E-state index is 14.7. The van der Waals surface area contributed by atoms with Crippen LogP contribution in [0.1, 0.15) is 20.8 Å². The molecule has 0 aromatic heterocycles. The number of carbonyl (C=O) groups excluding carboxylic acids is 3. The quantitative estimate of drug-likeness (QED) is 0.440. The van der Waals surface area contributed by atoms with Crippen molar-refractivity contribution < 1.29 is 37.0 Å². The van der Waals surface area contributed by atoms with E-state index in [1.54, 1.807) is 21.8 Å². The zero-order chi connectivity index (χ0) is 28.5. The summed E-state index contributed by atoms with van der Waals surface area (Å²) in [6, 6.07) is 8.04. The number of ether oxygens (including phenoxy) is 1. The number of benzene rings is 2. The molecule has 4 rings (SSSR count). The summed E-state index contributed by atoms with van der Waals surface area (Å²) in [6.45, 7) is 7.02. The van der Waals surface area contributed by atoms with Gasteiger partial charge >= 0.3 is 22.3 Å². The molecule has 0 radical (unpaired) electrons. The molecule has 0 unspecified atom stereocenters. The lowest BCUT2D eigenvalue weighted by Crippen LogP contribution is -2.50. The van der Waals surface area contributed by atoms with Crippen molar-refractivity contribution in [3.05, 3.63) is 42.2 Å². The Kier molecular flexibility index (Phi) is 7.46. The zero-order valence-corrected chi connectivity index (χ0v) is 22.3. The van der Waals surface area contributed by atoms with Gasteiger partial charge in [0, 0.05) is 49.3 Å². The van der Waals surface area contributed by atoms with Crippen LogP contribution in [0.4, 0.5) is 36.7 Å². The first kappa shape index (κ1) is 27.8. The second-order valence-corrected chi connectivity index (χ2v) is 11.5. The molecule has 15 heteroatoms. The third-order valence-electron chi connectivity index (χ3n) is 5.79. The fourth-order valence-electron chi connectivity index (χ4n) is 4.07. The second kappa shape index (κ2) is 10.5. The molecule has 0 atom stereocenters. The minimum Gasteiger partial charge on any atom is -0.506 e. The fraction of sp³-hybridized carbons (Fsp3) is 0.375. The molecular weight excluding hydrogens is 535 g/mol. The van der Waals surface area contributed by atoms with Gasteiger partial charge in [0.2, 0.25) is 0 Å². The Morgan fingerprint density at radius 3 is 2.18 bits per heavy atom. The average molecular weight is 565 g/mol. The number of anilines is 4. The molecule has 2 aliphatic rings. The van der Waals surface area contributed by atoms with Crippen molar-refractivity contribution in [2.45, 2.75) is 26.4 Å². The van der Waals surface area contributed by atoms with E-state index in [-0.39, 0.29) is 11.8 Å². The molecule has 0 aliphatic carbocycles. The van der Waals surface area contributed by atoms with E-state index in [0.717, 1.165) is 17.8 Å². The van der Waals surface area contributed by atoms with Crippen molar-refractivity contribution in [1.29, 1.82) is 0 Å². The highest BCUT2D eigenvalue weighted by atomic mass is 32.2. The van der Waals surface area contributed by atoms with Gasteiger partial charge in [0.05, 0.1) is 0 Å². The van der Waals surface area contributed by atoms with Crippen LogP contribution in [0.25, 0.3) is 0 Å². The molecule has 4 amide bonds. The average Bonchev–Trinajstić information content (AvgIpc) is 3.09. The van der Waals surface area contributed by atoms with Gasteiger partial charge in [0.15, 0.2) is 5.82 Å². The van der Waals surface area contributed by atoms with Crippen LogP contribution in [0.3, 0.4) is 0 Å². The number of piperazine rings is 1. The summed E-state index contributed by atoms with van der Waals surface area (Å²) >= 11 is 0. The highest BCUT2D eigenvalue weighted by molar-refractivity contribution is 7.92. The Morgan fingerprint density at radius 1 is 1.03 bits per heavy atom. The van der Waals surface area contributed by atoms with Crippen LogP contribution in [0.5, 0.6) is 5.75 Å². The Morgan fingerprint density at radius 2 is 1.64 bits per heavy atom. The topological polar surface area (TPSA) is 161 Å². The number of phenols is 1. The molecule has 2 aromatic rings. The van der Waals surface area contributed by atoms with E-state index in [2.05, 4.69) is 15.5 Å². The van der Waals surface area contributed by atoms with Crippen LogP contribution in [0.15, 0.2) is 36.4 Å². The number of nitrogens with one attached hydrogen (secondary N) is 3. The minimum atomic E-state index is -4.33. The first-order valence-corrected chi connectivity index (χ1v) is 13.4. The molecule has 2 aliphatic heterocycles. The van der Waals surface area contributed by atoms with Gasteiger partial charge in [-0.25, -0.2) is 23.0 Å². The molecule has 0 saturated carbocycles. The number of hydrogen-bond acceptors (Lipinski definition) is 8. The van der Waals surface area contributed by atoms with Crippen molar-refractivity contribution in [1.82, 2.24) is 9.62 Å². The number of rotatable bonds is 4. The number of phenolic OH excluding ortho intramolecular Hbond substituents is 1. The summed E-state index contributed by atoms with van der Waals surface area (Å²) in [7, 11) is -4.33. The summed E-state index contributed by atoms with van der Waals surface area (Å²) < 4.78 is 46.1. The van der Waals surface area contributed by atoms with Gasteiger partial charge < -0.3 is 30.3 Å². The van der Waals surface area contributed by atoms with Gasteiger partial charge in [0.1, 0.15) is 23.6 Å². The van der Waals surface area contributed by atoms with Gasteiger partial charge in [0.25, 0.3) is 5.91 Å². The lowest BCUT2D eigenvalue weighted by molar-refractivity contribution is -0.117. The van der Waals surface area contributed by atoms with Gasteiger partial charge in [-0.3, -0.25) is 4.79 Å². The zero-order valence-electron chi connectivity index (χ0n) is 21.5. The van der Waals surface area contributed by atoms with Crippen LogP contribution in [-0.4, -0.2) is 74.8 Å². The third-order valence-corrected chi connectivity index (χ3v) is 7.17. The molecule has 210 valence electrons. The number of aromatic hydroxyl groups is 1. The number of nitrogens with zero attached hydrogens (tertiary/aromatic N) is 3. The smallest absolute Gasteiger partial charge is 0.410 e. The SMILES string of the molecule is CC(C)(C)OC(=O)N1CCN(c2ccc(NC(=O)Nc3cc(O)c(N4CC(=O)NS4(=O)=O)c(F)c3)cc2)CC1. The van der Waals surface area contributed by atoms with E-state index < -0.39 is 51.5 Å². The molecule has 0 bridgehead atoms. The molecule has 13 nitrogen and oxygen atoms in total. The maximum absolute atomic E-state index is 14.7. The fourth-order valence-corrected chi connectivity index (χ4v) is 5.24. The molecule has 0 spiro atoms. The van der Waals surface area contributed by atoms with Crippen molar-refractivity contribution in [2.24, 2.45) is 0 Å². The molecule has 2 fully saturated rings. The third kappa shape index (κ3) is 6.60. The monoisotopic (exact) mass is 564 g/mol. The van der Waals surface area contributed by atoms with Crippen LogP contribution in [-0.2, 0) is 19.7 Å². The highest BCUT2D eigenvalue weighted by Crippen LogP contribution is 2.36. The van der Waals surface area contributed by atoms with E-state index in [1.807, 2.05) is 32.9 Å². The molecule has 2 saturated heterocycles. The molecule has 2 aromatic carbocycles. The molecule has 2 heterocycles. The summed E-state index contributed by atoms with van der Waals surface area (Å²) in [5.74, 6) is -2.80. The normalized spacial score (nSPS) is 17.0. The van der Waals surface area contributed by atoms with Crippen molar-refractivity contribution in [2.75, 3.05) is 52.6 Å². The van der Waals surface area contributed by atoms with Crippen LogP contribution >= 0.6 is 0 Å². The highest BCUT2D eigenvalue weighted by Gasteiger charge is 2.37. The van der Waals surface area contributed by atoms with Gasteiger partial charge in [-0.2, -0.15) is 8.42 Å². The van der Waals surface area contributed by atoms with E-state index in [4.69, 9.17) is 4.74 Å². The van der Waals surface area contributed by atoms with Crippen LogP contribution < -0.4 is 24.6 Å². The lowest BCUT2D eigenvalue weighted by atomic mass is 10.2. The standard InChI is InChI=1S/C24H29FN6O7S/c1-24(2,3)38-23(35)30-10-8-29(9-11-30)17-6-4-15(5-7-17)26-22(34)27-16-12-18(25)21(19(32)13-16)31-14-20(33)28-39(31,36)37/h4-7,12-13,32H,8-11,14H2,1-3H3,(H,28,33)(H2,26,27,34). The van der Waals surface area contributed by atoms with Crippen molar-refractivity contribution in [3.63, 3.8) is 0 Å².